The molecule has 0 saturated heterocycles. The molecule has 8 nitrogen and oxygen atoms in total. The molecule has 0 unspecified atom stereocenters. The fourth-order valence-corrected chi connectivity index (χ4v) is 3.99. The largest absolute Gasteiger partial charge is 0.491 e. The normalized spacial score (nSPS) is 12.7. The number of amides is 1. The van der Waals surface area contributed by atoms with Gasteiger partial charge in [0.05, 0.1) is 17.5 Å². The van der Waals surface area contributed by atoms with Gasteiger partial charge < -0.3 is 19.5 Å². The van der Waals surface area contributed by atoms with E-state index in [1.807, 2.05) is 38.1 Å². The molecule has 0 radical (unpaired) electrons. The van der Waals surface area contributed by atoms with Crippen LogP contribution in [0.25, 0.3) is 0 Å². The molecule has 0 aromatic heterocycles. The van der Waals surface area contributed by atoms with Crippen molar-refractivity contribution in [2.75, 3.05) is 23.4 Å². The van der Waals surface area contributed by atoms with Gasteiger partial charge in [0.1, 0.15) is 12.3 Å². The Labute approximate surface area is 176 Å². The van der Waals surface area contributed by atoms with Crippen LogP contribution in [0, 0.1) is 0 Å². The van der Waals surface area contributed by atoms with Crippen molar-refractivity contribution in [2.45, 2.75) is 33.4 Å². The van der Waals surface area contributed by atoms with Gasteiger partial charge in [-0.2, -0.15) is 0 Å². The van der Waals surface area contributed by atoms with Gasteiger partial charge in [0.2, 0.25) is 22.7 Å². The van der Waals surface area contributed by atoms with Gasteiger partial charge in [-0.3, -0.25) is 9.10 Å². The van der Waals surface area contributed by atoms with Crippen LogP contribution in [0.15, 0.2) is 42.5 Å². The fourth-order valence-electron chi connectivity index (χ4n) is 2.93. The molecule has 1 amide bonds. The maximum Gasteiger partial charge on any atom is 0.241 e. The molecule has 0 bridgehead atoms. The molecular weight excluding hydrogens is 408 g/mol. The molecule has 0 saturated carbocycles. The number of rotatable bonds is 9. The molecular formula is C21H26N2O6S. The number of hydrogen-bond acceptors (Lipinski definition) is 6. The molecule has 0 atom stereocenters. The zero-order chi connectivity index (χ0) is 21.7. The molecule has 2 aromatic carbocycles. The highest BCUT2D eigenvalue weighted by Crippen LogP contribution is 2.36. The van der Waals surface area contributed by atoms with Crippen molar-refractivity contribution >= 4 is 21.6 Å². The predicted octanol–water partition coefficient (Wildman–Crippen LogP) is 2.68. The van der Waals surface area contributed by atoms with Crippen LogP contribution < -0.4 is 23.8 Å². The van der Waals surface area contributed by atoms with Crippen molar-refractivity contribution in [1.29, 1.82) is 0 Å². The van der Waals surface area contributed by atoms with E-state index in [9.17, 15) is 13.2 Å². The second-order valence-electron chi connectivity index (χ2n) is 7.04. The van der Waals surface area contributed by atoms with E-state index < -0.39 is 15.9 Å². The van der Waals surface area contributed by atoms with Gasteiger partial charge in [0.25, 0.3) is 0 Å². The first-order chi connectivity index (χ1) is 14.3. The maximum atomic E-state index is 12.6. The first kappa shape index (κ1) is 21.8. The Morgan fingerprint density at radius 3 is 2.67 bits per heavy atom. The molecule has 30 heavy (non-hydrogen) atoms. The van der Waals surface area contributed by atoms with Crippen LogP contribution in [0.1, 0.15) is 26.3 Å². The number of hydrogen-bond donors (Lipinski definition) is 1. The molecule has 162 valence electrons. The number of carbonyl (C=O) groups excluding carboxylic acids is 1. The van der Waals surface area contributed by atoms with E-state index in [1.54, 1.807) is 18.2 Å². The van der Waals surface area contributed by atoms with Gasteiger partial charge in [-0.05, 0) is 50.6 Å². The summed E-state index contributed by atoms with van der Waals surface area (Å²) in [5, 5.41) is 2.77. The lowest BCUT2D eigenvalue weighted by atomic mass is 10.2. The number of ether oxygens (including phenoxy) is 3. The molecule has 2 aromatic rings. The number of fused-ring (bicyclic) bond motifs is 1. The summed E-state index contributed by atoms with van der Waals surface area (Å²) in [4.78, 5) is 12.6. The van der Waals surface area contributed by atoms with E-state index in [-0.39, 0.29) is 31.7 Å². The quantitative estimate of drug-likeness (QED) is 0.652. The Morgan fingerprint density at radius 1 is 1.17 bits per heavy atom. The Balaban J connectivity index is 1.70. The SMILES string of the molecule is CCS(=O)(=O)N(CC(=O)NCc1cccc(OC(C)C)c1)c1ccc2c(c1)OCO2. The Bertz CT molecular complexity index is 1010. The molecule has 1 N–H and O–H groups in total. The summed E-state index contributed by atoms with van der Waals surface area (Å²) in [6.07, 6.45) is 0.0457. The third kappa shape index (κ3) is 5.35. The topological polar surface area (TPSA) is 94.2 Å². The first-order valence-electron chi connectivity index (χ1n) is 9.71. The van der Waals surface area contributed by atoms with Gasteiger partial charge >= 0.3 is 0 Å². The average Bonchev–Trinajstić information content (AvgIpc) is 3.18. The second-order valence-corrected chi connectivity index (χ2v) is 9.22. The van der Waals surface area contributed by atoms with E-state index >= 15 is 0 Å². The standard InChI is InChI=1S/C21H26N2O6S/c1-4-30(25,26)23(17-8-9-19-20(11-17)28-14-27-19)13-21(24)22-12-16-6-5-7-18(10-16)29-15(2)3/h5-11,15H,4,12-14H2,1-3H3,(H,22,24). The lowest BCUT2D eigenvalue weighted by Crippen LogP contribution is -2.41. The zero-order valence-corrected chi connectivity index (χ0v) is 18.1. The maximum absolute atomic E-state index is 12.6. The Hall–Kier alpha value is -2.94. The highest BCUT2D eigenvalue weighted by molar-refractivity contribution is 7.92. The minimum atomic E-state index is -3.67. The monoisotopic (exact) mass is 434 g/mol. The fraction of sp³-hybridized carbons (Fsp3) is 0.381. The Morgan fingerprint density at radius 2 is 1.93 bits per heavy atom. The number of nitrogens with zero attached hydrogens (tertiary/aromatic N) is 1. The summed E-state index contributed by atoms with van der Waals surface area (Å²) in [7, 11) is -3.67. The van der Waals surface area contributed by atoms with E-state index in [0.29, 0.717) is 22.9 Å². The lowest BCUT2D eigenvalue weighted by molar-refractivity contribution is -0.119. The van der Waals surface area contributed by atoms with Crippen LogP contribution in [0.4, 0.5) is 5.69 Å². The van der Waals surface area contributed by atoms with Gasteiger partial charge in [-0.1, -0.05) is 12.1 Å². The van der Waals surface area contributed by atoms with E-state index in [4.69, 9.17) is 14.2 Å². The third-order valence-corrected chi connectivity index (χ3v) is 6.13. The molecule has 9 heteroatoms. The van der Waals surface area contributed by atoms with Gasteiger partial charge in [-0.15, -0.1) is 0 Å². The molecule has 0 spiro atoms. The second kappa shape index (κ2) is 9.25. The summed E-state index contributed by atoms with van der Waals surface area (Å²) in [5.74, 6) is 1.16. The van der Waals surface area contributed by atoms with Crippen molar-refractivity contribution in [1.82, 2.24) is 5.32 Å². The van der Waals surface area contributed by atoms with Crippen molar-refractivity contribution in [3.63, 3.8) is 0 Å². The van der Waals surface area contributed by atoms with E-state index in [0.717, 1.165) is 9.87 Å². The molecule has 1 aliphatic heterocycles. The number of carbonyl (C=O) groups is 1. The van der Waals surface area contributed by atoms with Crippen LogP contribution in [0.5, 0.6) is 17.2 Å². The number of benzene rings is 2. The van der Waals surface area contributed by atoms with Crippen LogP contribution in [0.3, 0.4) is 0 Å². The van der Waals surface area contributed by atoms with Crippen LogP contribution in [0.2, 0.25) is 0 Å². The highest BCUT2D eigenvalue weighted by Gasteiger charge is 2.25. The van der Waals surface area contributed by atoms with Crippen LogP contribution in [-0.4, -0.2) is 39.5 Å². The van der Waals surface area contributed by atoms with Gasteiger partial charge in [0, 0.05) is 12.6 Å². The number of nitrogens with one attached hydrogen (secondary N) is 1. The summed E-state index contributed by atoms with van der Waals surface area (Å²) in [5.41, 5.74) is 1.21. The summed E-state index contributed by atoms with van der Waals surface area (Å²) < 4.78 is 42.6. The van der Waals surface area contributed by atoms with Gasteiger partial charge in [-0.25, -0.2) is 8.42 Å². The first-order valence-corrected chi connectivity index (χ1v) is 11.3. The summed E-state index contributed by atoms with van der Waals surface area (Å²) in [6.45, 7) is 5.42. The van der Waals surface area contributed by atoms with Crippen molar-refractivity contribution in [2.24, 2.45) is 0 Å². The smallest absolute Gasteiger partial charge is 0.241 e. The molecule has 1 aliphatic rings. The van der Waals surface area contributed by atoms with Gasteiger partial charge in [0.15, 0.2) is 11.5 Å². The van der Waals surface area contributed by atoms with E-state index in [2.05, 4.69) is 5.32 Å². The molecule has 1 heterocycles. The van der Waals surface area contributed by atoms with Crippen LogP contribution in [-0.2, 0) is 21.4 Å². The molecule has 3 rings (SSSR count). The number of sulfonamides is 1. The lowest BCUT2D eigenvalue weighted by Gasteiger charge is -2.23. The van der Waals surface area contributed by atoms with Crippen molar-refractivity contribution in [3.05, 3.63) is 48.0 Å². The van der Waals surface area contributed by atoms with Crippen molar-refractivity contribution in [3.8, 4) is 17.2 Å². The zero-order valence-electron chi connectivity index (χ0n) is 17.3. The third-order valence-electron chi connectivity index (χ3n) is 4.39. The highest BCUT2D eigenvalue weighted by atomic mass is 32.2. The minimum Gasteiger partial charge on any atom is -0.491 e. The van der Waals surface area contributed by atoms with Crippen LogP contribution >= 0.6 is 0 Å². The summed E-state index contributed by atoms with van der Waals surface area (Å²) >= 11 is 0. The Kier molecular flexibility index (Phi) is 6.71. The number of anilines is 1. The predicted molar refractivity (Wildman–Crippen MR) is 113 cm³/mol. The van der Waals surface area contributed by atoms with Crippen molar-refractivity contribution < 1.29 is 27.4 Å². The minimum absolute atomic E-state index is 0.0457. The van der Waals surface area contributed by atoms with E-state index in [1.165, 1.54) is 6.92 Å². The average molecular weight is 435 g/mol. The summed E-state index contributed by atoms with van der Waals surface area (Å²) in [6, 6.07) is 12.2. The molecule has 0 aliphatic carbocycles. The molecule has 0 fully saturated rings.